The second-order valence-electron chi connectivity index (χ2n) is 10.8. The zero-order valence-electron chi connectivity index (χ0n) is 22.6. The van der Waals surface area contributed by atoms with Crippen molar-refractivity contribution >= 4 is 16.8 Å². The highest BCUT2D eigenvalue weighted by Gasteiger charge is 2.44. The monoisotopic (exact) mass is 510 g/mol. The summed E-state index contributed by atoms with van der Waals surface area (Å²) in [6.45, 7) is 4.61. The Morgan fingerprint density at radius 2 is 1.28 bits per heavy atom. The highest BCUT2D eigenvalue weighted by molar-refractivity contribution is 6.06. The van der Waals surface area contributed by atoms with Crippen molar-refractivity contribution in [3.63, 3.8) is 0 Å². The number of ether oxygens (including phenoxy) is 3. The van der Waals surface area contributed by atoms with Gasteiger partial charge in [-0.2, -0.15) is 0 Å². The molecule has 0 saturated heterocycles. The summed E-state index contributed by atoms with van der Waals surface area (Å²) in [7, 11) is 3.44. The van der Waals surface area contributed by atoms with E-state index in [0.29, 0.717) is 0 Å². The van der Waals surface area contributed by atoms with Crippen LogP contribution in [0, 0.1) is 0 Å². The van der Waals surface area contributed by atoms with Crippen molar-refractivity contribution in [3.8, 4) is 28.4 Å². The normalized spacial score (nSPS) is 15.7. The molecule has 0 aromatic heterocycles. The lowest BCUT2D eigenvalue weighted by atomic mass is 9.78. The minimum Gasteiger partial charge on any atom is -0.497 e. The fraction of sp³-hybridized carbons (Fsp3) is 0.167. The number of benzene rings is 5. The van der Waals surface area contributed by atoms with Gasteiger partial charge in [-0.15, -0.1) is 0 Å². The van der Waals surface area contributed by atoms with E-state index in [1.54, 1.807) is 14.2 Å². The third kappa shape index (κ3) is 3.29. The van der Waals surface area contributed by atoms with Gasteiger partial charge in [0.2, 0.25) is 0 Å². The quantitative estimate of drug-likeness (QED) is 0.243. The summed E-state index contributed by atoms with van der Waals surface area (Å²) >= 11 is 0. The van der Waals surface area contributed by atoms with Crippen molar-refractivity contribution < 1.29 is 14.2 Å². The van der Waals surface area contributed by atoms with Crippen LogP contribution >= 0.6 is 0 Å². The van der Waals surface area contributed by atoms with E-state index in [2.05, 4.69) is 111 Å². The van der Waals surface area contributed by atoms with Crippen LogP contribution in [0.2, 0.25) is 0 Å². The van der Waals surface area contributed by atoms with Crippen molar-refractivity contribution in [2.24, 2.45) is 0 Å². The fourth-order valence-electron chi connectivity index (χ4n) is 6.55. The number of hydrogen-bond donors (Lipinski definition) is 0. The molecule has 0 saturated carbocycles. The fourth-order valence-corrected chi connectivity index (χ4v) is 6.55. The van der Waals surface area contributed by atoms with Gasteiger partial charge in [0.05, 0.1) is 14.2 Å². The van der Waals surface area contributed by atoms with E-state index in [0.717, 1.165) is 39.3 Å². The molecule has 0 radical (unpaired) electrons. The van der Waals surface area contributed by atoms with E-state index >= 15 is 0 Å². The zero-order chi connectivity index (χ0) is 26.8. The molecule has 7 rings (SSSR count). The minimum absolute atomic E-state index is 0.220. The standard InChI is InChI=1S/C36H30O3/c1-35(2)31-22-26(38-4)16-18-28(31)32-29-19-20-36(23-11-7-5-8-12-23,24-13-9-6-10-14-24)39-34(29)30-21-25(37-3)15-17-27(30)33(32)35/h5-22H,1-4H3. The van der Waals surface area contributed by atoms with E-state index in [1.807, 2.05) is 12.1 Å². The van der Waals surface area contributed by atoms with E-state index < -0.39 is 5.60 Å². The number of methoxy groups -OCH3 is 2. The molecule has 0 N–H and O–H groups in total. The van der Waals surface area contributed by atoms with Gasteiger partial charge in [0.25, 0.3) is 0 Å². The molecule has 3 nitrogen and oxygen atoms in total. The molecule has 1 aliphatic carbocycles. The van der Waals surface area contributed by atoms with Crippen molar-refractivity contribution in [3.05, 3.63) is 131 Å². The molecular weight excluding hydrogens is 480 g/mol. The van der Waals surface area contributed by atoms with Crippen LogP contribution in [-0.4, -0.2) is 14.2 Å². The summed E-state index contributed by atoms with van der Waals surface area (Å²) in [6, 6.07) is 33.7. The van der Waals surface area contributed by atoms with Crippen LogP contribution in [0.4, 0.5) is 0 Å². The highest BCUT2D eigenvalue weighted by Crippen LogP contribution is 2.58. The van der Waals surface area contributed by atoms with Gasteiger partial charge in [0, 0.05) is 27.5 Å². The molecule has 0 bridgehead atoms. The SMILES string of the molecule is COc1ccc2c(c1)C(C)(C)c1c-2c2c(c3cc(OC)ccc13)OC(c1ccccc1)(c1ccccc1)C=C2. The summed E-state index contributed by atoms with van der Waals surface area (Å²) < 4.78 is 18.6. The van der Waals surface area contributed by atoms with Crippen molar-refractivity contribution in [2.45, 2.75) is 24.9 Å². The zero-order valence-corrected chi connectivity index (χ0v) is 22.6. The Morgan fingerprint density at radius 3 is 1.92 bits per heavy atom. The van der Waals surface area contributed by atoms with Crippen LogP contribution in [-0.2, 0) is 11.0 Å². The third-order valence-corrected chi connectivity index (χ3v) is 8.45. The summed E-state index contributed by atoms with van der Waals surface area (Å²) in [5.41, 5.74) is 7.31. The average molecular weight is 511 g/mol. The predicted molar refractivity (Wildman–Crippen MR) is 158 cm³/mol. The summed E-state index contributed by atoms with van der Waals surface area (Å²) in [6.07, 6.45) is 4.49. The number of fused-ring (bicyclic) bond motifs is 8. The molecule has 2 aliphatic rings. The number of rotatable bonds is 4. The lowest BCUT2D eigenvalue weighted by molar-refractivity contribution is 0.163. The van der Waals surface area contributed by atoms with Crippen LogP contribution in [0.5, 0.6) is 17.2 Å². The van der Waals surface area contributed by atoms with Crippen molar-refractivity contribution in [2.75, 3.05) is 14.2 Å². The Hall–Kier alpha value is -4.50. The lowest BCUT2D eigenvalue weighted by Crippen LogP contribution is -2.34. The molecule has 3 heteroatoms. The first-order valence-corrected chi connectivity index (χ1v) is 13.3. The van der Waals surface area contributed by atoms with Gasteiger partial charge in [-0.1, -0.05) is 86.6 Å². The van der Waals surface area contributed by atoms with E-state index in [9.17, 15) is 0 Å². The Balaban J connectivity index is 1.58. The van der Waals surface area contributed by atoms with Gasteiger partial charge in [-0.05, 0) is 64.1 Å². The van der Waals surface area contributed by atoms with Crippen LogP contribution in [0.3, 0.4) is 0 Å². The maximum atomic E-state index is 7.29. The maximum absolute atomic E-state index is 7.29. The Labute approximate surface area is 229 Å². The largest absolute Gasteiger partial charge is 0.497 e. The lowest BCUT2D eigenvalue weighted by Gasteiger charge is -2.37. The Bertz CT molecular complexity index is 1730. The third-order valence-electron chi connectivity index (χ3n) is 8.45. The summed E-state index contributed by atoms with van der Waals surface area (Å²) in [4.78, 5) is 0. The average Bonchev–Trinajstić information content (AvgIpc) is 3.23. The number of hydrogen-bond acceptors (Lipinski definition) is 3. The maximum Gasteiger partial charge on any atom is 0.178 e. The molecule has 0 atom stereocenters. The van der Waals surface area contributed by atoms with E-state index in [-0.39, 0.29) is 5.41 Å². The van der Waals surface area contributed by atoms with E-state index in [4.69, 9.17) is 14.2 Å². The van der Waals surface area contributed by atoms with Gasteiger partial charge in [0.15, 0.2) is 5.60 Å². The van der Waals surface area contributed by atoms with Gasteiger partial charge < -0.3 is 14.2 Å². The van der Waals surface area contributed by atoms with Gasteiger partial charge in [0.1, 0.15) is 17.2 Å². The second-order valence-corrected chi connectivity index (χ2v) is 10.8. The smallest absolute Gasteiger partial charge is 0.178 e. The van der Waals surface area contributed by atoms with Crippen LogP contribution in [0.15, 0.2) is 103 Å². The molecule has 1 heterocycles. The molecule has 0 amide bonds. The first-order valence-electron chi connectivity index (χ1n) is 13.3. The van der Waals surface area contributed by atoms with Crippen LogP contribution in [0.1, 0.15) is 41.7 Å². The molecule has 0 unspecified atom stereocenters. The molecule has 5 aromatic rings. The molecule has 0 fully saturated rings. The van der Waals surface area contributed by atoms with Gasteiger partial charge >= 0.3 is 0 Å². The summed E-state index contributed by atoms with van der Waals surface area (Å²) in [5, 5.41) is 2.23. The predicted octanol–water partition coefficient (Wildman–Crippen LogP) is 8.51. The van der Waals surface area contributed by atoms with Crippen LogP contribution in [0.25, 0.3) is 28.0 Å². The molecule has 0 spiro atoms. The molecular formula is C36H30O3. The van der Waals surface area contributed by atoms with Gasteiger partial charge in [-0.25, -0.2) is 0 Å². The van der Waals surface area contributed by atoms with E-state index in [1.165, 1.54) is 27.6 Å². The first kappa shape index (κ1) is 23.6. The minimum atomic E-state index is -0.767. The van der Waals surface area contributed by atoms with Gasteiger partial charge in [-0.3, -0.25) is 0 Å². The molecule has 5 aromatic carbocycles. The molecule has 1 aliphatic heterocycles. The topological polar surface area (TPSA) is 27.7 Å². The second kappa shape index (κ2) is 8.51. The van der Waals surface area contributed by atoms with Crippen molar-refractivity contribution in [1.29, 1.82) is 0 Å². The van der Waals surface area contributed by atoms with Crippen LogP contribution < -0.4 is 14.2 Å². The molecule has 192 valence electrons. The Kier molecular flexibility index (Phi) is 5.15. The first-order chi connectivity index (χ1) is 19.0. The van der Waals surface area contributed by atoms with Crippen molar-refractivity contribution in [1.82, 2.24) is 0 Å². The highest BCUT2D eigenvalue weighted by atomic mass is 16.5. The molecule has 39 heavy (non-hydrogen) atoms. The Morgan fingerprint density at radius 1 is 0.667 bits per heavy atom. The summed E-state index contributed by atoms with van der Waals surface area (Å²) in [5.74, 6) is 2.55.